The van der Waals surface area contributed by atoms with Gasteiger partial charge in [0.15, 0.2) is 18.9 Å². The second-order valence-electron chi connectivity index (χ2n) is 7.44. The lowest BCUT2D eigenvalue weighted by Gasteiger charge is -2.11. The van der Waals surface area contributed by atoms with E-state index >= 15 is 0 Å². The molecule has 0 aliphatic carbocycles. The largest absolute Gasteiger partial charge is 0.491 e. The number of hydrogen-bond acceptors (Lipinski definition) is 5. The van der Waals surface area contributed by atoms with E-state index in [1.807, 2.05) is 71.6 Å². The van der Waals surface area contributed by atoms with Gasteiger partial charge in [0.2, 0.25) is 0 Å². The lowest BCUT2D eigenvalue weighted by molar-refractivity contribution is -0.703. The maximum atomic E-state index is 10.8. The third kappa shape index (κ3) is 6.41. The van der Waals surface area contributed by atoms with Crippen LogP contribution in [0.3, 0.4) is 0 Å². The molecule has 1 heterocycles. The third-order valence-corrected chi connectivity index (χ3v) is 5.98. The molecule has 7 heteroatoms. The molecule has 166 valence electrons. The topological polar surface area (TPSA) is 76.5 Å². The number of pyridine rings is 1. The second kappa shape index (κ2) is 10.8. The zero-order chi connectivity index (χ0) is 23.0. The van der Waals surface area contributed by atoms with Crippen LogP contribution >= 0.6 is 11.8 Å². The van der Waals surface area contributed by atoms with E-state index in [0.29, 0.717) is 12.3 Å². The summed E-state index contributed by atoms with van der Waals surface area (Å²) in [6.07, 6.45) is 3.26. The molecule has 0 radical (unpaired) electrons. The molecule has 0 saturated heterocycles. The second-order valence-corrected chi connectivity index (χ2v) is 8.59. The Hall–Kier alpha value is -3.68. The highest BCUT2D eigenvalue weighted by Gasteiger charge is 2.12. The van der Waals surface area contributed by atoms with Gasteiger partial charge in [-0.2, -0.15) is 0 Å². The van der Waals surface area contributed by atoms with Crippen molar-refractivity contribution in [3.8, 4) is 16.9 Å². The van der Waals surface area contributed by atoms with Gasteiger partial charge in [0, 0.05) is 34.1 Å². The van der Waals surface area contributed by atoms with Crippen LogP contribution in [0.5, 0.6) is 5.75 Å². The first-order chi connectivity index (χ1) is 16.1. The normalized spacial score (nSPS) is 11.7. The van der Waals surface area contributed by atoms with Gasteiger partial charge in [-0.25, -0.2) is 4.57 Å². The molecule has 6 nitrogen and oxygen atoms in total. The Morgan fingerprint density at radius 3 is 2.03 bits per heavy atom. The maximum absolute atomic E-state index is 10.8. The van der Waals surface area contributed by atoms with Gasteiger partial charge in [-0.05, 0) is 47.5 Å². The highest BCUT2D eigenvalue weighted by molar-refractivity contribution is 7.99. The van der Waals surface area contributed by atoms with E-state index in [0.717, 1.165) is 20.9 Å². The summed E-state index contributed by atoms with van der Waals surface area (Å²) in [6, 6.07) is 28.2. The summed E-state index contributed by atoms with van der Waals surface area (Å²) < 4.78 is 7.67. The standard InChI is InChI=1S/C26H23N2O4S/c29-23(18-27-16-14-21(15-17-27)20-4-2-1-3-5-20)19-32-24-8-12-26(13-9-24)33-25-10-6-22(7-11-25)28(30)31/h1-17,23,29H,18-19H2/q+1. The molecule has 4 rings (SSSR count). The van der Waals surface area contributed by atoms with Gasteiger partial charge in [-0.3, -0.25) is 10.1 Å². The molecule has 1 unspecified atom stereocenters. The summed E-state index contributed by atoms with van der Waals surface area (Å²) in [5, 5.41) is 21.1. The van der Waals surface area contributed by atoms with E-state index in [4.69, 9.17) is 4.74 Å². The van der Waals surface area contributed by atoms with E-state index in [9.17, 15) is 15.2 Å². The summed E-state index contributed by atoms with van der Waals surface area (Å²) in [4.78, 5) is 12.3. The molecule has 3 aromatic carbocycles. The fraction of sp³-hybridized carbons (Fsp3) is 0.115. The van der Waals surface area contributed by atoms with Crippen molar-refractivity contribution in [3.05, 3.63) is 114 Å². The minimum atomic E-state index is -0.647. The highest BCUT2D eigenvalue weighted by atomic mass is 32.2. The fourth-order valence-corrected chi connectivity index (χ4v) is 4.08. The predicted molar refractivity (Wildman–Crippen MR) is 127 cm³/mol. The average Bonchev–Trinajstić information content (AvgIpc) is 2.85. The van der Waals surface area contributed by atoms with Crippen LogP contribution in [0.15, 0.2) is 113 Å². The van der Waals surface area contributed by atoms with E-state index < -0.39 is 11.0 Å². The molecule has 0 aliphatic rings. The molecule has 33 heavy (non-hydrogen) atoms. The molecule has 0 bridgehead atoms. The molecule has 0 fully saturated rings. The Balaban J connectivity index is 1.26. The summed E-state index contributed by atoms with van der Waals surface area (Å²) in [5.41, 5.74) is 2.36. The van der Waals surface area contributed by atoms with Gasteiger partial charge in [0.05, 0.1) is 4.92 Å². The first-order valence-corrected chi connectivity index (χ1v) is 11.3. The van der Waals surface area contributed by atoms with E-state index in [2.05, 4.69) is 12.1 Å². The molecule has 0 amide bonds. The number of aliphatic hydroxyl groups is 1. The number of nitro groups is 1. The Morgan fingerprint density at radius 1 is 0.848 bits per heavy atom. The number of rotatable bonds is 9. The number of ether oxygens (including phenoxy) is 1. The molecular weight excluding hydrogens is 436 g/mol. The van der Waals surface area contributed by atoms with Gasteiger partial charge < -0.3 is 9.84 Å². The van der Waals surface area contributed by atoms with Crippen molar-refractivity contribution in [1.82, 2.24) is 0 Å². The quantitative estimate of drug-likeness (QED) is 0.213. The van der Waals surface area contributed by atoms with Gasteiger partial charge in [0.1, 0.15) is 18.5 Å². The van der Waals surface area contributed by atoms with Crippen LogP contribution in [-0.2, 0) is 6.54 Å². The number of aromatic nitrogens is 1. The Bertz CT molecular complexity index is 1180. The minimum absolute atomic E-state index is 0.0759. The van der Waals surface area contributed by atoms with Crippen molar-refractivity contribution in [2.45, 2.75) is 22.4 Å². The Morgan fingerprint density at radius 2 is 1.42 bits per heavy atom. The molecule has 1 N–H and O–H groups in total. The summed E-state index contributed by atoms with van der Waals surface area (Å²) in [5.74, 6) is 0.673. The zero-order valence-corrected chi connectivity index (χ0v) is 18.6. The van der Waals surface area contributed by atoms with Crippen LogP contribution in [0.25, 0.3) is 11.1 Å². The van der Waals surface area contributed by atoms with Crippen molar-refractivity contribution < 1.29 is 19.3 Å². The molecule has 4 aromatic rings. The van der Waals surface area contributed by atoms with Crippen LogP contribution < -0.4 is 9.30 Å². The fourth-order valence-electron chi connectivity index (χ4n) is 3.27. The first-order valence-electron chi connectivity index (χ1n) is 10.4. The van der Waals surface area contributed by atoms with Gasteiger partial charge >= 0.3 is 0 Å². The highest BCUT2D eigenvalue weighted by Crippen LogP contribution is 2.30. The predicted octanol–water partition coefficient (Wildman–Crippen LogP) is 5.14. The number of nitrogens with zero attached hydrogens (tertiary/aromatic N) is 2. The minimum Gasteiger partial charge on any atom is -0.491 e. The van der Waals surface area contributed by atoms with Crippen LogP contribution in [-0.4, -0.2) is 22.7 Å². The Labute approximate surface area is 196 Å². The van der Waals surface area contributed by atoms with E-state index in [-0.39, 0.29) is 12.3 Å². The van der Waals surface area contributed by atoms with Crippen LogP contribution in [0.2, 0.25) is 0 Å². The molecule has 0 spiro atoms. The average molecular weight is 460 g/mol. The number of benzene rings is 3. The van der Waals surface area contributed by atoms with Gasteiger partial charge in [0.25, 0.3) is 5.69 Å². The number of aliphatic hydroxyl groups excluding tert-OH is 1. The molecule has 0 saturated carbocycles. The van der Waals surface area contributed by atoms with Crippen LogP contribution in [0.1, 0.15) is 0 Å². The van der Waals surface area contributed by atoms with Crippen molar-refractivity contribution >= 4 is 17.4 Å². The molecular formula is C26H23N2O4S+. The monoisotopic (exact) mass is 459 g/mol. The van der Waals surface area contributed by atoms with Crippen LogP contribution in [0.4, 0.5) is 5.69 Å². The van der Waals surface area contributed by atoms with E-state index in [1.165, 1.54) is 23.9 Å². The van der Waals surface area contributed by atoms with E-state index in [1.54, 1.807) is 12.1 Å². The maximum Gasteiger partial charge on any atom is 0.269 e. The number of non-ortho nitro benzene ring substituents is 1. The van der Waals surface area contributed by atoms with Gasteiger partial charge in [-0.1, -0.05) is 42.1 Å². The SMILES string of the molecule is O=[N+]([O-])c1ccc(Sc2ccc(OCC(O)C[n+]3ccc(-c4ccccc4)cc3)cc2)cc1. The smallest absolute Gasteiger partial charge is 0.269 e. The zero-order valence-electron chi connectivity index (χ0n) is 17.8. The van der Waals surface area contributed by atoms with Crippen molar-refractivity contribution in [2.75, 3.05) is 6.61 Å². The summed E-state index contributed by atoms with van der Waals surface area (Å²) >= 11 is 1.51. The first kappa shape index (κ1) is 22.5. The summed E-state index contributed by atoms with van der Waals surface area (Å²) in [6.45, 7) is 0.616. The Kier molecular flexibility index (Phi) is 7.34. The van der Waals surface area contributed by atoms with Crippen molar-refractivity contribution in [3.63, 3.8) is 0 Å². The third-order valence-electron chi connectivity index (χ3n) is 4.97. The lowest BCUT2D eigenvalue weighted by atomic mass is 10.1. The lowest BCUT2D eigenvalue weighted by Crippen LogP contribution is -2.41. The molecule has 1 atom stereocenters. The molecule has 0 aliphatic heterocycles. The summed E-state index contributed by atoms with van der Waals surface area (Å²) in [7, 11) is 0. The molecule has 1 aromatic heterocycles. The number of hydrogen-bond donors (Lipinski definition) is 1. The van der Waals surface area contributed by atoms with Gasteiger partial charge in [-0.15, -0.1) is 0 Å². The van der Waals surface area contributed by atoms with Crippen molar-refractivity contribution in [1.29, 1.82) is 0 Å². The number of nitro benzene ring substituents is 1. The van der Waals surface area contributed by atoms with Crippen molar-refractivity contribution in [2.24, 2.45) is 0 Å². The van der Waals surface area contributed by atoms with Crippen LogP contribution in [0, 0.1) is 10.1 Å².